The van der Waals surface area contributed by atoms with Crippen molar-refractivity contribution in [3.05, 3.63) is 48.0 Å². The second-order valence-corrected chi connectivity index (χ2v) is 6.50. The highest BCUT2D eigenvalue weighted by Gasteiger charge is 2.28. The highest BCUT2D eigenvalue weighted by Crippen LogP contribution is 2.33. The first-order valence-corrected chi connectivity index (χ1v) is 7.93. The first-order chi connectivity index (χ1) is 9.92. The van der Waals surface area contributed by atoms with Gasteiger partial charge in [0.05, 0.1) is 13.7 Å². The molecule has 5 nitrogen and oxygen atoms in total. The van der Waals surface area contributed by atoms with Crippen molar-refractivity contribution >= 4 is 21.6 Å². The Morgan fingerprint density at radius 3 is 2.33 bits per heavy atom. The van der Waals surface area contributed by atoms with Crippen molar-refractivity contribution in [3.8, 4) is 5.75 Å². The van der Waals surface area contributed by atoms with Gasteiger partial charge in [-0.1, -0.05) is 23.8 Å². The summed E-state index contributed by atoms with van der Waals surface area (Å²) in [6.45, 7) is 6.96. The summed E-state index contributed by atoms with van der Waals surface area (Å²) < 4.78 is 31.8. The van der Waals surface area contributed by atoms with Gasteiger partial charge in [-0.3, -0.25) is 0 Å². The molecule has 7 heteroatoms. The molecule has 0 atom stereocenters. The minimum Gasteiger partial charge on any atom is -0.495 e. The van der Waals surface area contributed by atoms with Gasteiger partial charge in [0.25, 0.3) is 0 Å². The van der Waals surface area contributed by atoms with Crippen molar-refractivity contribution in [1.82, 2.24) is 4.31 Å². The number of aliphatic hydroxyl groups excluding tert-OH is 1. The van der Waals surface area contributed by atoms with Crippen LogP contribution in [0.25, 0.3) is 0 Å². The second kappa shape index (κ2) is 7.61. The summed E-state index contributed by atoms with van der Waals surface area (Å²) in [5, 5.41) is 9.53. The summed E-state index contributed by atoms with van der Waals surface area (Å²) in [7, 11) is -2.51. The summed E-state index contributed by atoms with van der Waals surface area (Å²) in [4.78, 5) is -0.0924. The van der Waals surface area contributed by atoms with E-state index in [4.69, 9.17) is 16.3 Å². The lowest BCUT2D eigenvalue weighted by Gasteiger charge is -2.21. The standard InChI is InChI=1S/C14H18ClNO4S/c1-4-6-16(7-5-2)21(18,19)13-9-12(15)8-11(10-17)14(13)20-3/h4-5,8-9,17H,1-2,6-7,10H2,3H3. The van der Waals surface area contributed by atoms with Crippen LogP contribution < -0.4 is 4.74 Å². The lowest BCUT2D eigenvalue weighted by atomic mass is 10.2. The number of nitrogens with zero attached hydrogens (tertiary/aromatic N) is 1. The Balaban J connectivity index is 3.51. The largest absolute Gasteiger partial charge is 0.495 e. The van der Waals surface area contributed by atoms with E-state index in [1.165, 1.54) is 35.7 Å². The maximum atomic E-state index is 12.7. The summed E-state index contributed by atoms with van der Waals surface area (Å²) in [5.41, 5.74) is 0.306. The van der Waals surface area contributed by atoms with Gasteiger partial charge in [-0.25, -0.2) is 8.42 Å². The van der Waals surface area contributed by atoms with Gasteiger partial charge in [0.2, 0.25) is 10.0 Å². The highest BCUT2D eigenvalue weighted by molar-refractivity contribution is 7.89. The Morgan fingerprint density at radius 2 is 1.90 bits per heavy atom. The Hall–Kier alpha value is -1.34. The van der Waals surface area contributed by atoms with Crippen LogP contribution >= 0.6 is 11.6 Å². The Kier molecular flexibility index (Phi) is 6.42. The van der Waals surface area contributed by atoms with Gasteiger partial charge < -0.3 is 9.84 Å². The van der Waals surface area contributed by atoms with Crippen LogP contribution in [0.15, 0.2) is 42.3 Å². The number of sulfonamides is 1. The topological polar surface area (TPSA) is 66.8 Å². The minimum absolute atomic E-state index is 0.0834. The molecule has 0 unspecified atom stereocenters. The summed E-state index contributed by atoms with van der Waals surface area (Å²) in [6, 6.07) is 2.76. The van der Waals surface area contributed by atoms with Gasteiger partial charge in [-0.2, -0.15) is 4.31 Å². The summed E-state index contributed by atoms with van der Waals surface area (Å²) in [5.74, 6) is 0.0834. The van der Waals surface area contributed by atoms with Crippen molar-refractivity contribution in [2.24, 2.45) is 0 Å². The molecule has 0 heterocycles. The monoisotopic (exact) mass is 331 g/mol. The van der Waals surface area contributed by atoms with Crippen LogP contribution in [0.1, 0.15) is 5.56 Å². The van der Waals surface area contributed by atoms with Gasteiger partial charge in [0.15, 0.2) is 0 Å². The van der Waals surface area contributed by atoms with Crippen LogP contribution in [0.4, 0.5) is 0 Å². The van der Waals surface area contributed by atoms with Crippen molar-refractivity contribution < 1.29 is 18.3 Å². The van der Waals surface area contributed by atoms with E-state index in [9.17, 15) is 13.5 Å². The van der Waals surface area contributed by atoms with E-state index >= 15 is 0 Å². The zero-order chi connectivity index (χ0) is 16.0. The molecular formula is C14H18ClNO4S. The van der Waals surface area contributed by atoms with Gasteiger partial charge >= 0.3 is 0 Å². The normalized spacial score (nSPS) is 11.4. The molecule has 116 valence electrons. The lowest BCUT2D eigenvalue weighted by molar-refractivity contribution is 0.272. The average Bonchev–Trinajstić information content (AvgIpc) is 2.45. The van der Waals surface area contributed by atoms with E-state index in [1.807, 2.05) is 0 Å². The van der Waals surface area contributed by atoms with Crippen LogP contribution in [-0.2, 0) is 16.6 Å². The molecule has 0 bridgehead atoms. The molecule has 0 aliphatic heterocycles. The molecule has 0 spiro atoms. The predicted molar refractivity (Wildman–Crippen MR) is 83.1 cm³/mol. The van der Waals surface area contributed by atoms with Crippen molar-refractivity contribution in [1.29, 1.82) is 0 Å². The molecule has 0 saturated heterocycles. The molecule has 1 aromatic carbocycles. The van der Waals surface area contributed by atoms with E-state index in [0.717, 1.165) is 0 Å². The van der Waals surface area contributed by atoms with E-state index < -0.39 is 10.0 Å². The molecule has 1 N–H and O–H groups in total. The van der Waals surface area contributed by atoms with E-state index in [2.05, 4.69) is 13.2 Å². The minimum atomic E-state index is -3.85. The molecule has 0 saturated carbocycles. The van der Waals surface area contributed by atoms with Gasteiger partial charge in [0.1, 0.15) is 10.6 Å². The SMILES string of the molecule is C=CCN(CC=C)S(=O)(=O)c1cc(Cl)cc(CO)c1OC. The predicted octanol–water partition coefficient (Wildman–Crippen LogP) is 2.20. The lowest BCUT2D eigenvalue weighted by Crippen LogP contribution is -2.31. The highest BCUT2D eigenvalue weighted by atomic mass is 35.5. The first kappa shape index (κ1) is 17.7. The quantitative estimate of drug-likeness (QED) is 0.742. The third-order valence-corrected chi connectivity index (χ3v) is 4.81. The number of benzene rings is 1. The Morgan fingerprint density at radius 1 is 1.33 bits per heavy atom. The smallest absolute Gasteiger partial charge is 0.247 e. The number of hydrogen-bond donors (Lipinski definition) is 1. The second-order valence-electron chi connectivity index (χ2n) is 4.15. The fraction of sp³-hybridized carbons (Fsp3) is 0.286. The molecule has 0 fully saturated rings. The fourth-order valence-electron chi connectivity index (χ4n) is 1.86. The Bertz CT molecular complexity index is 618. The van der Waals surface area contributed by atoms with Crippen LogP contribution in [0.2, 0.25) is 5.02 Å². The summed E-state index contributed by atoms with van der Waals surface area (Å²) >= 11 is 5.93. The molecule has 0 aromatic heterocycles. The molecule has 0 aliphatic carbocycles. The van der Waals surface area contributed by atoms with E-state index in [-0.39, 0.29) is 35.4 Å². The van der Waals surface area contributed by atoms with Crippen LogP contribution in [-0.4, -0.2) is 38.0 Å². The number of ether oxygens (including phenoxy) is 1. The molecule has 0 amide bonds. The zero-order valence-electron chi connectivity index (χ0n) is 11.8. The van der Waals surface area contributed by atoms with E-state index in [0.29, 0.717) is 5.56 Å². The molecule has 0 aliphatic rings. The van der Waals surface area contributed by atoms with Gasteiger partial charge in [-0.05, 0) is 12.1 Å². The maximum Gasteiger partial charge on any atom is 0.247 e. The van der Waals surface area contributed by atoms with Crippen LogP contribution in [0.5, 0.6) is 5.75 Å². The molecule has 0 radical (unpaired) electrons. The van der Waals surface area contributed by atoms with Gasteiger partial charge in [-0.15, -0.1) is 13.2 Å². The van der Waals surface area contributed by atoms with Crippen molar-refractivity contribution in [2.75, 3.05) is 20.2 Å². The third-order valence-electron chi connectivity index (χ3n) is 2.75. The molecule has 1 rings (SSSR count). The molecule has 21 heavy (non-hydrogen) atoms. The number of rotatable bonds is 8. The van der Waals surface area contributed by atoms with Crippen molar-refractivity contribution in [2.45, 2.75) is 11.5 Å². The molecular weight excluding hydrogens is 314 g/mol. The maximum absolute atomic E-state index is 12.7. The fourth-order valence-corrected chi connectivity index (χ4v) is 3.77. The van der Waals surface area contributed by atoms with Crippen LogP contribution in [0, 0.1) is 0 Å². The zero-order valence-corrected chi connectivity index (χ0v) is 13.3. The van der Waals surface area contributed by atoms with Gasteiger partial charge in [0, 0.05) is 23.7 Å². The summed E-state index contributed by atoms with van der Waals surface area (Å²) in [6.07, 6.45) is 2.95. The number of aliphatic hydroxyl groups is 1. The first-order valence-electron chi connectivity index (χ1n) is 6.11. The van der Waals surface area contributed by atoms with Crippen molar-refractivity contribution in [3.63, 3.8) is 0 Å². The third kappa shape index (κ3) is 3.85. The number of hydrogen-bond acceptors (Lipinski definition) is 4. The van der Waals surface area contributed by atoms with E-state index in [1.54, 1.807) is 0 Å². The number of methoxy groups -OCH3 is 1. The average molecular weight is 332 g/mol. The Labute approximate surface area is 130 Å². The number of halogens is 1. The van der Waals surface area contributed by atoms with Crippen LogP contribution in [0.3, 0.4) is 0 Å². The molecule has 1 aromatic rings.